The van der Waals surface area contributed by atoms with Gasteiger partial charge in [-0.25, -0.2) is 0 Å². The Kier molecular flexibility index (Phi) is 5.96. The number of hydrogen-bond donors (Lipinski definition) is 0. The summed E-state index contributed by atoms with van der Waals surface area (Å²) in [5, 5.41) is 0. The van der Waals surface area contributed by atoms with E-state index in [2.05, 4.69) is 32.9 Å². The third-order valence-electron chi connectivity index (χ3n) is 10.6. The van der Waals surface area contributed by atoms with Crippen molar-refractivity contribution >= 4 is 17.9 Å². The van der Waals surface area contributed by atoms with Crippen LogP contribution < -0.4 is 0 Å². The fraction of sp³-hybridized carbons (Fsp3) is 0.700. The van der Waals surface area contributed by atoms with Crippen molar-refractivity contribution in [2.45, 2.75) is 104 Å². The highest BCUT2D eigenvalue weighted by molar-refractivity contribution is 5.73. The molecular formula is C30H40O7. The van der Waals surface area contributed by atoms with Gasteiger partial charge in [-0.05, 0) is 68.4 Å². The zero-order chi connectivity index (χ0) is 27.0. The average molecular weight is 513 g/mol. The highest BCUT2D eigenvalue weighted by Gasteiger charge is 2.71. The lowest BCUT2D eigenvalue weighted by molar-refractivity contribution is -0.226. The van der Waals surface area contributed by atoms with E-state index in [1.54, 1.807) is 6.26 Å². The Morgan fingerprint density at radius 2 is 1.68 bits per heavy atom. The van der Waals surface area contributed by atoms with Gasteiger partial charge in [0.1, 0.15) is 17.8 Å². The van der Waals surface area contributed by atoms with Gasteiger partial charge in [0.05, 0.1) is 18.9 Å². The number of carbonyl (C=O) groups excluding carboxylic acids is 3. The Hall–Kier alpha value is -2.57. The molecule has 3 aliphatic carbocycles. The lowest BCUT2D eigenvalue weighted by Gasteiger charge is -2.66. The van der Waals surface area contributed by atoms with Crippen LogP contribution in [0.15, 0.2) is 34.7 Å². The summed E-state index contributed by atoms with van der Waals surface area (Å²) in [4.78, 5) is 37.7. The highest BCUT2D eigenvalue weighted by Crippen LogP contribution is 2.72. The molecule has 1 aromatic heterocycles. The Balaban J connectivity index is 1.68. The molecule has 0 N–H and O–H groups in total. The van der Waals surface area contributed by atoms with Gasteiger partial charge in [-0.3, -0.25) is 14.4 Å². The van der Waals surface area contributed by atoms with Gasteiger partial charge >= 0.3 is 17.9 Å². The molecule has 2 heterocycles. The van der Waals surface area contributed by atoms with Gasteiger partial charge in [0.25, 0.3) is 0 Å². The number of esters is 3. The standard InChI is InChI=1S/C30H40O7/c1-17(31)35-24-14-23-27(3,4)37-26(33)15-25(36-18(2)32)30(23,7)22-10-12-28(5)20(19-11-13-34-16-19)8-9-21(28)29(22,24)6/h9,11,13,16,20,22-25H,8,10,12,14-15H2,1-7H3/t20-,22-,23-,24+,25-,28-,29-,30+/m0/s1. The Morgan fingerprint density at radius 1 is 1.00 bits per heavy atom. The molecule has 0 bridgehead atoms. The normalized spacial score (nSPS) is 42.3. The van der Waals surface area contributed by atoms with Crippen LogP contribution in [-0.2, 0) is 28.6 Å². The molecule has 1 aliphatic heterocycles. The van der Waals surface area contributed by atoms with E-state index in [-0.39, 0.29) is 41.5 Å². The molecule has 0 radical (unpaired) electrons. The van der Waals surface area contributed by atoms with Crippen LogP contribution in [0.5, 0.6) is 0 Å². The molecule has 7 nitrogen and oxygen atoms in total. The predicted octanol–water partition coefficient (Wildman–Crippen LogP) is 5.73. The fourth-order valence-electron chi connectivity index (χ4n) is 9.28. The smallest absolute Gasteiger partial charge is 0.310 e. The van der Waals surface area contributed by atoms with Crippen molar-refractivity contribution in [3.63, 3.8) is 0 Å². The Bertz CT molecular complexity index is 1130. The summed E-state index contributed by atoms with van der Waals surface area (Å²) in [6.45, 7) is 13.5. The molecule has 3 fully saturated rings. The van der Waals surface area contributed by atoms with Gasteiger partial charge in [0.15, 0.2) is 0 Å². The molecule has 37 heavy (non-hydrogen) atoms. The van der Waals surface area contributed by atoms with E-state index in [9.17, 15) is 14.4 Å². The van der Waals surface area contributed by atoms with E-state index >= 15 is 0 Å². The van der Waals surface area contributed by atoms with Crippen LogP contribution in [0.2, 0.25) is 0 Å². The first-order valence-electron chi connectivity index (χ1n) is 13.5. The van der Waals surface area contributed by atoms with Crippen molar-refractivity contribution < 1.29 is 33.0 Å². The largest absolute Gasteiger partial charge is 0.472 e. The maximum atomic E-state index is 13.0. The van der Waals surface area contributed by atoms with Crippen LogP contribution in [0, 0.1) is 28.1 Å². The lowest BCUT2D eigenvalue weighted by atomic mass is 9.39. The summed E-state index contributed by atoms with van der Waals surface area (Å²) in [6.07, 6.45) is 8.13. The second kappa shape index (κ2) is 8.47. The highest BCUT2D eigenvalue weighted by atomic mass is 16.6. The Morgan fingerprint density at radius 3 is 2.30 bits per heavy atom. The fourth-order valence-corrected chi connectivity index (χ4v) is 9.28. The number of allylic oxidation sites excluding steroid dienone is 1. The summed E-state index contributed by atoms with van der Waals surface area (Å²) in [5.74, 6) is -0.966. The molecule has 0 amide bonds. The molecule has 1 saturated heterocycles. The molecule has 8 atom stereocenters. The van der Waals surface area contributed by atoms with Gasteiger partial charge < -0.3 is 18.6 Å². The minimum Gasteiger partial charge on any atom is -0.472 e. The lowest BCUT2D eigenvalue weighted by Crippen LogP contribution is -2.66. The van der Waals surface area contributed by atoms with Gasteiger partial charge in [0.2, 0.25) is 0 Å². The van der Waals surface area contributed by atoms with E-state index in [4.69, 9.17) is 18.6 Å². The maximum absolute atomic E-state index is 13.0. The summed E-state index contributed by atoms with van der Waals surface area (Å²) in [5.41, 5.74) is 0.494. The number of hydrogen-bond acceptors (Lipinski definition) is 7. The zero-order valence-electron chi connectivity index (χ0n) is 23.1. The molecule has 2 saturated carbocycles. The van der Waals surface area contributed by atoms with Crippen molar-refractivity contribution in [1.82, 2.24) is 0 Å². The summed E-state index contributed by atoms with van der Waals surface area (Å²) in [6, 6.07) is 2.05. The third-order valence-corrected chi connectivity index (χ3v) is 10.6. The molecule has 0 aromatic carbocycles. The number of rotatable bonds is 3. The van der Waals surface area contributed by atoms with Crippen molar-refractivity contribution in [2.75, 3.05) is 0 Å². The van der Waals surface area contributed by atoms with Gasteiger partial charge in [0, 0.05) is 30.6 Å². The third kappa shape index (κ3) is 3.70. The van der Waals surface area contributed by atoms with Crippen LogP contribution in [0.3, 0.4) is 0 Å². The van der Waals surface area contributed by atoms with Crippen LogP contribution in [0.1, 0.15) is 92.1 Å². The van der Waals surface area contributed by atoms with Crippen LogP contribution in [-0.4, -0.2) is 35.7 Å². The molecule has 0 unspecified atom stereocenters. The van der Waals surface area contributed by atoms with E-state index < -0.39 is 34.6 Å². The number of carbonyl (C=O) groups is 3. The maximum Gasteiger partial charge on any atom is 0.310 e. The summed E-state index contributed by atoms with van der Waals surface area (Å²) in [7, 11) is 0. The number of fused-ring (bicyclic) bond motifs is 5. The molecular weight excluding hydrogens is 472 g/mol. The van der Waals surface area contributed by atoms with Crippen LogP contribution in [0.25, 0.3) is 0 Å². The first-order valence-corrected chi connectivity index (χ1v) is 13.5. The quantitative estimate of drug-likeness (QED) is 0.290. The topological polar surface area (TPSA) is 92.0 Å². The summed E-state index contributed by atoms with van der Waals surface area (Å²) >= 11 is 0. The molecule has 5 rings (SSSR count). The van der Waals surface area contributed by atoms with Crippen molar-refractivity contribution in [3.8, 4) is 0 Å². The molecule has 0 spiro atoms. The molecule has 1 aromatic rings. The predicted molar refractivity (Wildman–Crippen MR) is 135 cm³/mol. The van der Waals surface area contributed by atoms with Crippen molar-refractivity contribution in [3.05, 3.63) is 35.8 Å². The van der Waals surface area contributed by atoms with Gasteiger partial charge in [-0.1, -0.05) is 32.4 Å². The minimum atomic E-state index is -0.815. The van der Waals surface area contributed by atoms with E-state index in [0.29, 0.717) is 6.42 Å². The summed E-state index contributed by atoms with van der Waals surface area (Å²) < 4.78 is 23.6. The van der Waals surface area contributed by atoms with Gasteiger partial charge in [-0.15, -0.1) is 0 Å². The average Bonchev–Trinajstić information content (AvgIpc) is 3.40. The van der Waals surface area contributed by atoms with E-state index in [0.717, 1.165) is 19.3 Å². The van der Waals surface area contributed by atoms with Crippen molar-refractivity contribution in [1.29, 1.82) is 0 Å². The van der Waals surface area contributed by atoms with Crippen LogP contribution >= 0.6 is 0 Å². The second-order valence-corrected chi connectivity index (χ2v) is 12.9. The van der Waals surface area contributed by atoms with Crippen molar-refractivity contribution in [2.24, 2.45) is 28.1 Å². The second-order valence-electron chi connectivity index (χ2n) is 12.9. The SMILES string of the molecule is CC(=O)O[C@H]1CC(=O)OC(C)(C)[C@@H]2C[C@@H](OC(C)=O)[C@@]3(C)C4=CC[C@@H](c5ccoc5)[C@]4(C)CC[C@@H]3[C@@]12C. The number of furan rings is 1. The van der Waals surface area contributed by atoms with E-state index in [1.807, 2.05) is 20.1 Å². The first-order chi connectivity index (χ1) is 17.2. The number of cyclic esters (lactones) is 1. The Labute approximate surface area is 219 Å². The molecule has 4 aliphatic rings. The van der Waals surface area contributed by atoms with Gasteiger partial charge in [-0.2, -0.15) is 0 Å². The first kappa shape index (κ1) is 26.1. The molecule has 7 heteroatoms. The van der Waals surface area contributed by atoms with Crippen LogP contribution in [0.4, 0.5) is 0 Å². The monoisotopic (exact) mass is 512 g/mol. The number of ether oxygens (including phenoxy) is 3. The van der Waals surface area contributed by atoms with E-state index in [1.165, 1.54) is 25.0 Å². The molecule has 202 valence electrons. The zero-order valence-corrected chi connectivity index (χ0v) is 23.1. The minimum absolute atomic E-state index is 0.00338.